The summed E-state index contributed by atoms with van der Waals surface area (Å²) in [5.41, 5.74) is 0.0260. The van der Waals surface area contributed by atoms with Crippen molar-refractivity contribution in [3.63, 3.8) is 0 Å². The predicted molar refractivity (Wildman–Crippen MR) is 78.4 cm³/mol. The number of H-pyrrole nitrogens is 1. The van der Waals surface area contributed by atoms with Crippen LogP contribution in [0, 0.1) is 0 Å². The van der Waals surface area contributed by atoms with Crippen molar-refractivity contribution in [3.05, 3.63) is 70.5 Å². The number of amides is 1. The summed E-state index contributed by atoms with van der Waals surface area (Å²) in [5.74, 6) is -1.23. The van der Waals surface area contributed by atoms with Crippen molar-refractivity contribution in [2.75, 3.05) is 5.32 Å². The fraction of sp³-hybridized carbons (Fsp3) is 0. The molecule has 0 aliphatic rings. The van der Waals surface area contributed by atoms with E-state index >= 15 is 0 Å². The number of anilines is 1. The van der Waals surface area contributed by atoms with Gasteiger partial charge in [0.25, 0.3) is 11.5 Å². The smallest absolute Gasteiger partial charge is 0.257 e. The van der Waals surface area contributed by atoms with Crippen LogP contribution in [-0.2, 0) is 0 Å². The Morgan fingerprint density at radius 1 is 0.952 bits per heavy atom. The summed E-state index contributed by atoms with van der Waals surface area (Å²) in [6.07, 6.45) is 0. The molecule has 0 aliphatic heterocycles. The van der Waals surface area contributed by atoms with E-state index < -0.39 is 17.3 Å². The Morgan fingerprint density at radius 3 is 2.29 bits per heavy atom. The maximum Gasteiger partial charge on any atom is 0.257 e. The van der Waals surface area contributed by atoms with E-state index in [4.69, 9.17) is 0 Å². The second kappa shape index (κ2) is 5.13. The van der Waals surface area contributed by atoms with Crippen LogP contribution in [0.3, 0.4) is 0 Å². The minimum Gasteiger partial charge on any atom is -0.860 e. The third-order valence-electron chi connectivity index (χ3n) is 3.15. The van der Waals surface area contributed by atoms with Gasteiger partial charge in [-0.15, -0.1) is 0 Å². The highest BCUT2D eigenvalue weighted by molar-refractivity contribution is 6.14. The number of para-hydroxylation sites is 1. The molecule has 5 nitrogen and oxygen atoms in total. The number of rotatable bonds is 2. The van der Waals surface area contributed by atoms with Crippen LogP contribution >= 0.6 is 0 Å². The zero-order valence-corrected chi connectivity index (χ0v) is 10.9. The Kier molecular flexibility index (Phi) is 3.16. The van der Waals surface area contributed by atoms with Gasteiger partial charge in [0.1, 0.15) is 0 Å². The van der Waals surface area contributed by atoms with Gasteiger partial charge in [0.15, 0.2) is 0 Å². The van der Waals surface area contributed by atoms with Crippen molar-refractivity contribution in [3.8, 4) is 5.88 Å². The molecule has 2 N–H and O–H groups in total. The standard InChI is InChI=1S/C16H12N2O3/c19-14-12-9-5-4-8-11(12)13(16(21)18-14)15(20)17-10-6-2-1-3-7-10/h1-9H,(H,17,20)(H2,18,19,21)/p-1. The number of aromatic nitrogens is 1. The number of hydrogen-bond acceptors (Lipinski definition) is 3. The highest BCUT2D eigenvalue weighted by Crippen LogP contribution is 2.21. The lowest BCUT2D eigenvalue weighted by Crippen LogP contribution is -2.20. The number of carbonyl (C=O) groups is 1. The molecule has 0 radical (unpaired) electrons. The van der Waals surface area contributed by atoms with Gasteiger partial charge in [-0.3, -0.25) is 9.59 Å². The van der Waals surface area contributed by atoms with Gasteiger partial charge in [0.05, 0.1) is 5.56 Å². The second-order valence-electron chi connectivity index (χ2n) is 4.52. The summed E-state index contributed by atoms with van der Waals surface area (Å²) in [7, 11) is 0. The van der Waals surface area contributed by atoms with Gasteiger partial charge in [-0.2, -0.15) is 0 Å². The maximum absolute atomic E-state index is 12.3. The summed E-state index contributed by atoms with van der Waals surface area (Å²) < 4.78 is 0. The topological polar surface area (TPSA) is 85.0 Å². The number of hydrogen-bond donors (Lipinski definition) is 2. The monoisotopic (exact) mass is 279 g/mol. The average molecular weight is 279 g/mol. The Balaban J connectivity index is 2.12. The number of nitrogens with one attached hydrogen (secondary N) is 2. The first kappa shape index (κ1) is 12.9. The van der Waals surface area contributed by atoms with Gasteiger partial charge < -0.3 is 15.4 Å². The SMILES string of the molecule is O=C(Nc1ccccc1)c1c([O-])[nH]c(=O)c2ccccc12. The average Bonchev–Trinajstić information content (AvgIpc) is 2.48. The van der Waals surface area contributed by atoms with Crippen molar-refractivity contribution < 1.29 is 9.90 Å². The van der Waals surface area contributed by atoms with Crippen LogP contribution in [-0.4, -0.2) is 10.9 Å². The van der Waals surface area contributed by atoms with Gasteiger partial charge in [0, 0.05) is 16.5 Å². The minimum absolute atomic E-state index is 0.0611. The van der Waals surface area contributed by atoms with Crippen LogP contribution < -0.4 is 16.0 Å². The summed E-state index contributed by atoms with van der Waals surface area (Å²) in [4.78, 5) is 26.2. The quantitative estimate of drug-likeness (QED) is 0.750. The van der Waals surface area contributed by atoms with Crippen molar-refractivity contribution in [1.29, 1.82) is 0 Å². The largest absolute Gasteiger partial charge is 0.860 e. The number of carbonyl (C=O) groups excluding carboxylic acids is 1. The molecule has 0 saturated heterocycles. The van der Waals surface area contributed by atoms with Crippen molar-refractivity contribution >= 4 is 22.4 Å². The molecule has 0 aliphatic carbocycles. The van der Waals surface area contributed by atoms with Crippen molar-refractivity contribution in [1.82, 2.24) is 4.98 Å². The van der Waals surface area contributed by atoms with Crippen LogP contribution in [0.25, 0.3) is 10.8 Å². The Morgan fingerprint density at radius 2 is 1.57 bits per heavy atom. The Bertz CT molecular complexity index is 870. The number of aromatic amines is 1. The molecule has 0 spiro atoms. The van der Waals surface area contributed by atoms with Crippen LogP contribution in [0.2, 0.25) is 0 Å². The van der Waals surface area contributed by atoms with E-state index in [1.54, 1.807) is 48.5 Å². The summed E-state index contributed by atoms with van der Waals surface area (Å²) >= 11 is 0. The van der Waals surface area contributed by atoms with Crippen LogP contribution in [0.1, 0.15) is 10.4 Å². The highest BCUT2D eigenvalue weighted by atomic mass is 16.3. The minimum atomic E-state index is -0.688. The zero-order valence-electron chi connectivity index (χ0n) is 10.9. The van der Waals surface area contributed by atoms with Gasteiger partial charge >= 0.3 is 0 Å². The maximum atomic E-state index is 12.3. The third-order valence-corrected chi connectivity index (χ3v) is 3.15. The molecule has 3 aromatic rings. The first-order valence-corrected chi connectivity index (χ1v) is 6.35. The van der Waals surface area contributed by atoms with E-state index in [1.807, 2.05) is 6.07 Å². The van der Waals surface area contributed by atoms with Gasteiger partial charge in [-0.1, -0.05) is 36.4 Å². The molecule has 0 saturated carbocycles. The fourth-order valence-corrected chi connectivity index (χ4v) is 2.19. The number of fused-ring (bicyclic) bond motifs is 1. The molecule has 0 unspecified atom stereocenters. The summed E-state index contributed by atoms with van der Waals surface area (Å²) in [5, 5.41) is 15.3. The predicted octanol–water partition coefficient (Wildman–Crippen LogP) is 1.85. The molecule has 0 atom stereocenters. The molecule has 1 amide bonds. The van der Waals surface area contributed by atoms with E-state index in [0.29, 0.717) is 16.5 Å². The van der Waals surface area contributed by atoms with Gasteiger partial charge in [0.2, 0.25) is 0 Å². The van der Waals surface area contributed by atoms with E-state index in [0.717, 1.165) is 0 Å². The molecular formula is C16H11N2O3-. The molecule has 3 rings (SSSR count). The van der Waals surface area contributed by atoms with E-state index in [1.165, 1.54) is 0 Å². The zero-order chi connectivity index (χ0) is 14.8. The van der Waals surface area contributed by atoms with E-state index in [2.05, 4.69) is 10.3 Å². The number of benzene rings is 2. The molecule has 2 aromatic carbocycles. The molecular weight excluding hydrogens is 268 g/mol. The van der Waals surface area contributed by atoms with Crippen molar-refractivity contribution in [2.45, 2.75) is 0 Å². The van der Waals surface area contributed by atoms with Gasteiger partial charge in [-0.25, -0.2) is 0 Å². The Labute approximate surface area is 119 Å². The molecule has 21 heavy (non-hydrogen) atoms. The van der Waals surface area contributed by atoms with Gasteiger partial charge in [-0.05, 0) is 24.1 Å². The van der Waals surface area contributed by atoms with Crippen LogP contribution in [0.15, 0.2) is 59.4 Å². The normalized spacial score (nSPS) is 10.5. The third kappa shape index (κ3) is 2.36. The first-order chi connectivity index (χ1) is 10.2. The first-order valence-electron chi connectivity index (χ1n) is 6.35. The molecule has 0 bridgehead atoms. The highest BCUT2D eigenvalue weighted by Gasteiger charge is 2.13. The van der Waals surface area contributed by atoms with E-state index in [9.17, 15) is 14.7 Å². The molecule has 1 heterocycles. The van der Waals surface area contributed by atoms with Crippen LogP contribution in [0.4, 0.5) is 5.69 Å². The summed E-state index contributed by atoms with van der Waals surface area (Å²) in [6.45, 7) is 0. The molecule has 1 aromatic heterocycles. The van der Waals surface area contributed by atoms with Crippen LogP contribution in [0.5, 0.6) is 5.88 Å². The lowest BCUT2D eigenvalue weighted by molar-refractivity contribution is -0.275. The Hall–Kier alpha value is -3.08. The lowest BCUT2D eigenvalue weighted by Gasteiger charge is -2.15. The van der Waals surface area contributed by atoms with E-state index in [-0.39, 0.29) is 5.56 Å². The molecule has 5 heteroatoms. The molecule has 104 valence electrons. The van der Waals surface area contributed by atoms with Crippen molar-refractivity contribution in [2.24, 2.45) is 0 Å². The molecule has 0 fully saturated rings. The summed E-state index contributed by atoms with van der Waals surface area (Å²) in [6, 6.07) is 15.3. The fourth-order valence-electron chi connectivity index (χ4n) is 2.19. The lowest BCUT2D eigenvalue weighted by atomic mass is 10.1. The second-order valence-corrected chi connectivity index (χ2v) is 4.52. The number of pyridine rings is 1.